The summed E-state index contributed by atoms with van der Waals surface area (Å²) in [6.45, 7) is 1.75. The molecule has 0 amide bonds. The lowest BCUT2D eigenvalue weighted by molar-refractivity contribution is -0.140. The van der Waals surface area contributed by atoms with Crippen molar-refractivity contribution in [1.29, 1.82) is 0 Å². The second kappa shape index (κ2) is 17.0. The molecular formula is C29H38F3N4O10P. The van der Waals surface area contributed by atoms with Crippen LogP contribution < -0.4 is 10.0 Å². The Balaban J connectivity index is 1.75. The van der Waals surface area contributed by atoms with E-state index in [1.165, 1.54) is 0 Å². The standard InChI is InChI=1S/C29H38F3N4O10P/c30-29(31,32)23-2-1-3-24(47(43,44)45)28(23)46-20-22-6-4-21(5-7-22)16-33-8-10-34(17-25(37)38)12-14-36(19-27(41)42)15-13-35(11-9-33)18-26(39)40/h1-7H,8-20H2,(H,37,38)(H,39,40)(H,41,42)(H2,43,44,45). The van der Waals surface area contributed by atoms with Gasteiger partial charge in [-0.15, -0.1) is 0 Å². The highest BCUT2D eigenvalue weighted by Gasteiger charge is 2.38. The van der Waals surface area contributed by atoms with Crippen LogP contribution in [-0.2, 0) is 38.3 Å². The molecule has 1 heterocycles. The molecule has 0 spiro atoms. The van der Waals surface area contributed by atoms with E-state index in [-0.39, 0.29) is 45.8 Å². The molecule has 2 aromatic rings. The smallest absolute Gasteiger partial charge is 0.419 e. The summed E-state index contributed by atoms with van der Waals surface area (Å²) in [5.41, 5.74) is -0.0920. The van der Waals surface area contributed by atoms with Crippen LogP contribution in [0.5, 0.6) is 5.75 Å². The second-order valence-electron chi connectivity index (χ2n) is 11.1. The van der Waals surface area contributed by atoms with Gasteiger partial charge >= 0.3 is 31.7 Å². The lowest BCUT2D eigenvalue weighted by Gasteiger charge is -2.33. The number of carboxylic acids is 3. The van der Waals surface area contributed by atoms with Gasteiger partial charge in [-0.05, 0) is 23.3 Å². The summed E-state index contributed by atoms with van der Waals surface area (Å²) in [6, 6.07) is 9.08. The molecule has 0 bridgehead atoms. The quantitative estimate of drug-likeness (QED) is 0.199. The maximum Gasteiger partial charge on any atom is 0.419 e. The van der Waals surface area contributed by atoms with Gasteiger partial charge in [-0.1, -0.05) is 30.3 Å². The van der Waals surface area contributed by atoms with Gasteiger partial charge in [0.25, 0.3) is 0 Å². The Kier molecular flexibility index (Phi) is 13.7. The zero-order chi connectivity index (χ0) is 34.8. The molecule has 0 radical (unpaired) electrons. The van der Waals surface area contributed by atoms with Crippen LogP contribution in [0.2, 0.25) is 0 Å². The van der Waals surface area contributed by atoms with Crippen molar-refractivity contribution in [2.75, 3.05) is 72.0 Å². The molecule has 0 atom stereocenters. The van der Waals surface area contributed by atoms with Gasteiger partial charge in [0.2, 0.25) is 0 Å². The molecule has 3 rings (SSSR count). The van der Waals surface area contributed by atoms with Crippen molar-refractivity contribution in [3.05, 3.63) is 59.2 Å². The molecule has 260 valence electrons. The van der Waals surface area contributed by atoms with E-state index in [0.717, 1.165) is 17.7 Å². The summed E-state index contributed by atoms with van der Waals surface area (Å²) in [6.07, 6.45) is -4.91. The number of ether oxygens (including phenoxy) is 1. The molecule has 5 N–H and O–H groups in total. The minimum absolute atomic E-state index is 0.254. The third-order valence-electron chi connectivity index (χ3n) is 7.43. The third-order valence-corrected chi connectivity index (χ3v) is 8.41. The predicted octanol–water partition coefficient (Wildman–Crippen LogP) is 1.06. The lowest BCUT2D eigenvalue weighted by atomic mass is 10.1. The number of nitrogens with zero attached hydrogens (tertiary/aromatic N) is 4. The zero-order valence-electron chi connectivity index (χ0n) is 25.4. The first-order chi connectivity index (χ1) is 22.0. The molecule has 0 unspecified atom stereocenters. The average molecular weight is 691 g/mol. The van der Waals surface area contributed by atoms with Crippen LogP contribution in [0.3, 0.4) is 0 Å². The number of halogens is 3. The fourth-order valence-corrected chi connectivity index (χ4v) is 5.80. The molecule has 0 aromatic heterocycles. The van der Waals surface area contributed by atoms with Crippen molar-refractivity contribution in [1.82, 2.24) is 19.6 Å². The molecule has 0 aliphatic carbocycles. The van der Waals surface area contributed by atoms with Gasteiger partial charge in [0.05, 0.1) is 25.2 Å². The minimum Gasteiger partial charge on any atom is -0.487 e. The highest BCUT2D eigenvalue weighted by Crippen LogP contribution is 2.43. The fraction of sp³-hybridized carbons (Fsp3) is 0.483. The van der Waals surface area contributed by atoms with Crippen LogP contribution in [0.15, 0.2) is 42.5 Å². The van der Waals surface area contributed by atoms with Crippen LogP contribution in [-0.4, -0.2) is 135 Å². The van der Waals surface area contributed by atoms with Crippen molar-refractivity contribution >= 4 is 30.8 Å². The molecule has 2 aromatic carbocycles. The topological polar surface area (TPSA) is 192 Å². The molecule has 0 saturated carbocycles. The molecule has 1 aliphatic rings. The van der Waals surface area contributed by atoms with E-state index in [4.69, 9.17) is 4.74 Å². The number of aliphatic carboxylic acids is 3. The van der Waals surface area contributed by atoms with E-state index in [1.807, 2.05) is 4.90 Å². The first-order valence-electron chi connectivity index (χ1n) is 14.5. The van der Waals surface area contributed by atoms with Gasteiger partial charge in [0, 0.05) is 58.9 Å². The highest BCUT2D eigenvalue weighted by atomic mass is 31.2. The number of rotatable bonds is 12. The normalized spacial score (nSPS) is 17.0. The summed E-state index contributed by atoms with van der Waals surface area (Å²) in [5.74, 6) is -4.07. The van der Waals surface area contributed by atoms with E-state index in [9.17, 15) is 57.2 Å². The van der Waals surface area contributed by atoms with Crippen molar-refractivity contribution in [3.63, 3.8) is 0 Å². The van der Waals surface area contributed by atoms with E-state index < -0.39 is 54.9 Å². The number of hydrogen-bond donors (Lipinski definition) is 5. The molecule has 1 fully saturated rings. The molecule has 1 aliphatic heterocycles. The number of benzene rings is 2. The van der Waals surface area contributed by atoms with E-state index in [1.54, 1.807) is 39.0 Å². The van der Waals surface area contributed by atoms with E-state index >= 15 is 0 Å². The van der Waals surface area contributed by atoms with E-state index in [0.29, 0.717) is 44.4 Å². The second-order valence-corrected chi connectivity index (χ2v) is 12.7. The van der Waals surface area contributed by atoms with Gasteiger partial charge in [-0.3, -0.25) is 38.5 Å². The van der Waals surface area contributed by atoms with Gasteiger partial charge < -0.3 is 29.8 Å². The van der Waals surface area contributed by atoms with E-state index in [2.05, 4.69) is 0 Å². The first-order valence-corrected chi connectivity index (χ1v) is 16.1. The first kappa shape index (κ1) is 37.9. The van der Waals surface area contributed by atoms with Crippen LogP contribution in [0, 0.1) is 0 Å². The highest BCUT2D eigenvalue weighted by molar-refractivity contribution is 7.60. The SMILES string of the molecule is O=C(O)CN1CCN(CC(=O)O)CCN(Cc2ccc(COc3c(C(F)(F)F)cccc3P(=O)(O)O)cc2)CCN(CC(=O)O)CC1. The number of carbonyl (C=O) groups is 3. The van der Waals surface area contributed by atoms with Crippen LogP contribution in [0.4, 0.5) is 13.2 Å². The van der Waals surface area contributed by atoms with Crippen molar-refractivity contribution in [3.8, 4) is 5.75 Å². The Labute approximate surface area is 268 Å². The third kappa shape index (κ3) is 12.9. The number of para-hydroxylation sites is 1. The summed E-state index contributed by atoms with van der Waals surface area (Å²) in [7, 11) is -5.08. The lowest BCUT2D eigenvalue weighted by Crippen LogP contribution is -2.48. The van der Waals surface area contributed by atoms with Crippen LogP contribution in [0.1, 0.15) is 16.7 Å². The van der Waals surface area contributed by atoms with Gasteiger partial charge in [-0.25, -0.2) is 0 Å². The number of alkyl halides is 3. The zero-order valence-corrected chi connectivity index (χ0v) is 26.3. The molecule has 18 heteroatoms. The molecular weight excluding hydrogens is 652 g/mol. The van der Waals surface area contributed by atoms with Gasteiger partial charge in [0.1, 0.15) is 17.7 Å². The summed E-state index contributed by atoms with van der Waals surface area (Å²) >= 11 is 0. The monoisotopic (exact) mass is 690 g/mol. The van der Waals surface area contributed by atoms with Crippen molar-refractivity contribution < 1.29 is 62.0 Å². The van der Waals surface area contributed by atoms with Crippen molar-refractivity contribution in [2.24, 2.45) is 0 Å². The largest absolute Gasteiger partial charge is 0.487 e. The number of hydrogen-bond acceptors (Lipinski definition) is 9. The maximum absolute atomic E-state index is 13.6. The Morgan fingerprint density at radius 3 is 1.47 bits per heavy atom. The van der Waals surface area contributed by atoms with Crippen LogP contribution >= 0.6 is 7.60 Å². The molecule has 14 nitrogen and oxygen atoms in total. The van der Waals surface area contributed by atoms with Crippen LogP contribution in [0.25, 0.3) is 0 Å². The van der Waals surface area contributed by atoms with Gasteiger partial charge in [-0.2, -0.15) is 13.2 Å². The number of carboxylic acid groups (broad SMARTS) is 3. The average Bonchev–Trinajstić information content (AvgIpc) is 2.96. The molecule has 47 heavy (non-hydrogen) atoms. The Morgan fingerprint density at radius 1 is 0.681 bits per heavy atom. The minimum atomic E-state index is -5.08. The Morgan fingerprint density at radius 2 is 1.09 bits per heavy atom. The van der Waals surface area contributed by atoms with Crippen molar-refractivity contribution in [2.45, 2.75) is 19.3 Å². The maximum atomic E-state index is 13.6. The Hall–Kier alpha value is -3.57. The predicted molar refractivity (Wildman–Crippen MR) is 161 cm³/mol. The molecule has 1 saturated heterocycles. The summed E-state index contributed by atoms with van der Waals surface area (Å²) < 4.78 is 57.9. The van der Waals surface area contributed by atoms with Gasteiger partial charge in [0.15, 0.2) is 0 Å². The summed E-state index contributed by atoms with van der Waals surface area (Å²) in [5, 5.41) is 27.2. The summed E-state index contributed by atoms with van der Waals surface area (Å²) in [4.78, 5) is 60.6. The fourth-order valence-electron chi connectivity index (χ4n) is 5.07. The Bertz CT molecular complexity index is 1390.